The van der Waals surface area contributed by atoms with Crippen LogP contribution in [0.2, 0.25) is 10.0 Å². The maximum Gasteiger partial charge on any atom is 0.315 e. The molecule has 3 aromatic rings. The maximum absolute atomic E-state index is 12.9. The molecule has 1 aromatic heterocycles. The van der Waals surface area contributed by atoms with Gasteiger partial charge in [-0.1, -0.05) is 53.5 Å². The van der Waals surface area contributed by atoms with Crippen molar-refractivity contribution in [1.82, 2.24) is 20.9 Å². The van der Waals surface area contributed by atoms with Gasteiger partial charge in [-0.25, -0.2) is 4.79 Å². The van der Waals surface area contributed by atoms with E-state index in [1.807, 2.05) is 47.8 Å². The third-order valence-electron chi connectivity index (χ3n) is 6.81. The molecule has 1 fully saturated rings. The van der Waals surface area contributed by atoms with E-state index < -0.39 is 30.2 Å². The molecule has 9 nitrogen and oxygen atoms in total. The standard InChI is InChI=1S/C29H30Cl2N4O5S/c30-25-19(14-20-10-13-41-27(20)26(25)31)6-7-23(36)35-11-8-22(9-12-35)34-28(39)21(15-24(37)38)17-33-29(40)32-16-18-4-2-1-3-5-18/h1-7,10,13-14,21-22H,8-9,11-12,15-17H2,(H,34,39)(H,37,38)(H2,32,33,40)/b7-6+. The fourth-order valence-corrected chi connectivity index (χ4v) is 5.98. The summed E-state index contributed by atoms with van der Waals surface area (Å²) in [5.74, 6) is -2.70. The van der Waals surface area contributed by atoms with E-state index in [1.54, 1.807) is 11.0 Å². The highest BCUT2D eigenvalue weighted by Crippen LogP contribution is 2.37. The number of likely N-dealkylation sites (tertiary alicyclic amines) is 1. The number of carboxylic acid groups (broad SMARTS) is 1. The van der Waals surface area contributed by atoms with Crippen molar-refractivity contribution in [1.29, 1.82) is 0 Å². The lowest BCUT2D eigenvalue weighted by molar-refractivity contribution is -0.141. The second-order valence-electron chi connectivity index (χ2n) is 9.72. The summed E-state index contributed by atoms with van der Waals surface area (Å²) < 4.78 is 0.900. The second kappa shape index (κ2) is 14.3. The number of thiophene rings is 1. The van der Waals surface area contributed by atoms with Crippen LogP contribution >= 0.6 is 34.5 Å². The van der Waals surface area contributed by atoms with E-state index in [0.717, 1.165) is 15.6 Å². The summed E-state index contributed by atoms with van der Waals surface area (Å²) in [6.45, 7) is 1.04. The molecule has 2 aromatic carbocycles. The quantitative estimate of drug-likeness (QED) is 0.240. The zero-order valence-electron chi connectivity index (χ0n) is 22.1. The van der Waals surface area contributed by atoms with E-state index in [1.165, 1.54) is 17.4 Å². The lowest BCUT2D eigenvalue weighted by atomic mass is 10.0. The predicted molar refractivity (Wildman–Crippen MR) is 161 cm³/mol. The van der Waals surface area contributed by atoms with Crippen molar-refractivity contribution in [2.24, 2.45) is 5.92 Å². The van der Waals surface area contributed by atoms with Crippen LogP contribution in [0.25, 0.3) is 16.2 Å². The molecule has 4 rings (SSSR count). The number of carboxylic acids is 1. The van der Waals surface area contributed by atoms with Crippen molar-refractivity contribution in [3.8, 4) is 0 Å². The summed E-state index contributed by atoms with van der Waals surface area (Å²) in [6, 6.07) is 12.5. The molecule has 4 amide bonds. The van der Waals surface area contributed by atoms with Gasteiger partial charge in [-0.15, -0.1) is 11.3 Å². The van der Waals surface area contributed by atoms with Gasteiger partial charge < -0.3 is 26.0 Å². The Hall–Kier alpha value is -3.60. The number of halogens is 2. The fraction of sp³-hybridized carbons (Fsp3) is 0.310. The van der Waals surface area contributed by atoms with Gasteiger partial charge in [-0.3, -0.25) is 14.4 Å². The molecule has 12 heteroatoms. The molecule has 0 saturated carbocycles. The zero-order chi connectivity index (χ0) is 29.4. The van der Waals surface area contributed by atoms with E-state index in [0.29, 0.717) is 48.1 Å². The second-order valence-corrected chi connectivity index (χ2v) is 11.4. The van der Waals surface area contributed by atoms with Gasteiger partial charge in [0.05, 0.1) is 27.1 Å². The lowest BCUT2D eigenvalue weighted by Crippen LogP contribution is -2.49. The van der Waals surface area contributed by atoms with Crippen LogP contribution in [0.3, 0.4) is 0 Å². The first-order valence-corrected chi connectivity index (χ1v) is 14.7. The van der Waals surface area contributed by atoms with Crippen LogP contribution in [0.15, 0.2) is 53.9 Å². The van der Waals surface area contributed by atoms with E-state index in [4.69, 9.17) is 23.2 Å². The molecular weight excluding hydrogens is 587 g/mol. The molecule has 0 radical (unpaired) electrons. The number of hydrogen-bond donors (Lipinski definition) is 4. The molecule has 2 heterocycles. The van der Waals surface area contributed by atoms with E-state index in [-0.39, 0.29) is 18.5 Å². The Balaban J connectivity index is 1.24. The van der Waals surface area contributed by atoms with E-state index >= 15 is 0 Å². The molecule has 1 aliphatic heterocycles. The number of urea groups is 1. The first-order valence-electron chi connectivity index (χ1n) is 13.1. The molecule has 41 heavy (non-hydrogen) atoms. The third-order valence-corrected chi connectivity index (χ3v) is 8.75. The van der Waals surface area contributed by atoms with Crippen molar-refractivity contribution in [2.45, 2.75) is 31.8 Å². The summed E-state index contributed by atoms with van der Waals surface area (Å²) in [5.41, 5.74) is 1.57. The minimum atomic E-state index is -1.14. The Bertz CT molecular complexity index is 1440. The highest BCUT2D eigenvalue weighted by Gasteiger charge is 2.27. The summed E-state index contributed by atoms with van der Waals surface area (Å²) in [4.78, 5) is 50.9. The van der Waals surface area contributed by atoms with Gasteiger partial charge in [0.1, 0.15) is 0 Å². The average Bonchev–Trinajstić information content (AvgIpc) is 3.44. The largest absolute Gasteiger partial charge is 0.481 e. The van der Waals surface area contributed by atoms with E-state index in [9.17, 15) is 24.3 Å². The molecule has 0 spiro atoms. The van der Waals surface area contributed by atoms with Gasteiger partial charge in [0, 0.05) is 38.3 Å². The molecule has 0 aliphatic carbocycles. The van der Waals surface area contributed by atoms with Crippen LogP contribution in [0.5, 0.6) is 0 Å². The van der Waals surface area contributed by atoms with Crippen LogP contribution in [-0.4, -0.2) is 59.5 Å². The SMILES string of the molecule is O=C(O)CC(CNC(=O)NCc1ccccc1)C(=O)NC1CCN(C(=O)/C=C/c2cc3ccsc3c(Cl)c2Cl)CC1. The smallest absolute Gasteiger partial charge is 0.315 e. The molecular formula is C29H30Cl2N4O5S. The first-order chi connectivity index (χ1) is 19.7. The third kappa shape index (κ3) is 8.45. The van der Waals surface area contributed by atoms with Gasteiger partial charge >= 0.3 is 12.0 Å². The zero-order valence-corrected chi connectivity index (χ0v) is 24.4. The Morgan fingerprint density at radius 3 is 2.49 bits per heavy atom. The Morgan fingerprint density at radius 2 is 1.78 bits per heavy atom. The van der Waals surface area contributed by atoms with Gasteiger partial charge in [0.15, 0.2) is 0 Å². The number of nitrogens with zero attached hydrogens (tertiary/aromatic N) is 1. The van der Waals surface area contributed by atoms with Crippen LogP contribution in [0.4, 0.5) is 4.79 Å². The summed E-state index contributed by atoms with van der Waals surface area (Å²) in [7, 11) is 0. The minimum Gasteiger partial charge on any atom is -0.481 e. The highest BCUT2D eigenvalue weighted by atomic mass is 35.5. The number of piperidine rings is 1. The Labute approximate surface area is 251 Å². The number of carbonyl (C=O) groups excluding carboxylic acids is 3. The highest BCUT2D eigenvalue weighted by molar-refractivity contribution is 7.18. The lowest BCUT2D eigenvalue weighted by Gasteiger charge is -2.32. The van der Waals surface area contributed by atoms with Gasteiger partial charge in [0.2, 0.25) is 11.8 Å². The fourth-order valence-electron chi connectivity index (χ4n) is 4.54. The molecule has 4 N–H and O–H groups in total. The van der Waals surface area contributed by atoms with Gasteiger partial charge in [-0.2, -0.15) is 0 Å². The number of hydrogen-bond acceptors (Lipinski definition) is 5. The van der Waals surface area contributed by atoms with Crippen LogP contribution < -0.4 is 16.0 Å². The Kier molecular flexibility index (Phi) is 10.6. The summed E-state index contributed by atoms with van der Waals surface area (Å²) in [5, 5.41) is 21.2. The van der Waals surface area contributed by atoms with Crippen LogP contribution in [0.1, 0.15) is 30.4 Å². The topological polar surface area (TPSA) is 128 Å². The number of nitrogens with one attached hydrogen (secondary N) is 3. The summed E-state index contributed by atoms with van der Waals surface area (Å²) in [6.07, 6.45) is 3.73. The summed E-state index contributed by atoms with van der Waals surface area (Å²) >= 11 is 14.3. The number of benzene rings is 2. The van der Waals surface area contributed by atoms with Crippen molar-refractivity contribution >= 4 is 74.5 Å². The predicted octanol–water partition coefficient (Wildman–Crippen LogP) is 4.92. The van der Waals surface area contributed by atoms with Crippen molar-refractivity contribution in [2.75, 3.05) is 19.6 Å². The molecule has 1 atom stereocenters. The average molecular weight is 618 g/mol. The van der Waals surface area contributed by atoms with Crippen LogP contribution in [0, 0.1) is 5.92 Å². The van der Waals surface area contributed by atoms with Crippen LogP contribution in [-0.2, 0) is 20.9 Å². The first kappa shape index (κ1) is 30.4. The number of carbonyl (C=O) groups is 4. The monoisotopic (exact) mass is 616 g/mol. The minimum absolute atomic E-state index is 0.120. The van der Waals surface area contributed by atoms with Crippen molar-refractivity contribution < 1.29 is 24.3 Å². The molecule has 1 aliphatic rings. The molecule has 1 unspecified atom stereocenters. The normalized spacial score (nSPS) is 14.6. The van der Waals surface area contributed by atoms with Gasteiger partial charge in [-0.05, 0) is 52.9 Å². The molecule has 1 saturated heterocycles. The number of amides is 4. The van der Waals surface area contributed by atoms with Crippen molar-refractivity contribution in [3.63, 3.8) is 0 Å². The molecule has 216 valence electrons. The van der Waals surface area contributed by atoms with Gasteiger partial charge in [0.25, 0.3) is 0 Å². The Morgan fingerprint density at radius 1 is 1.05 bits per heavy atom. The number of rotatable bonds is 10. The van der Waals surface area contributed by atoms with Crippen molar-refractivity contribution in [3.05, 3.63) is 75.1 Å². The number of fused-ring (bicyclic) bond motifs is 1. The maximum atomic E-state index is 12.9. The van der Waals surface area contributed by atoms with E-state index in [2.05, 4.69) is 16.0 Å². The molecule has 0 bridgehead atoms. The number of aliphatic carboxylic acids is 1.